The first kappa shape index (κ1) is 14.0. The highest BCUT2D eigenvalue weighted by Crippen LogP contribution is 2.02. The molecule has 0 spiro atoms. The molecule has 1 unspecified atom stereocenters. The molecule has 1 rings (SSSR count). The van der Waals surface area contributed by atoms with Crippen LogP contribution >= 0.6 is 0 Å². The summed E-state index contributed by atoms with van der Waals surface area (Å²) in [5, 5.41) is 5.14. The van der Waals surface area contributed by atoms with Gasteiger partial charge in [0.15, 0.2) is 0 Å². The molecule has 1 aromatic rings. The smallest absolute Gasteiger partial charge is 0.312 e. The van der Waals surface area contributed by atoms with Crippen LogP contribution in [0.4, 0.5) is 4.79 Å². The summed E-state index contributed by atoms with van der Waals surface area (Å²) < 4.78 is 0. The van der Waals surface area contributed by atoms with Crippen LogP contribution < -0.4 is 16.4 Å². The molecule has 18 heavy (non-hydrogen) atoms. The van der Waals surface area contributed by atoms with Crippen molar-refractivity contribution in [3.63, 3.8) is 0 Å². The van der Waals surface area contributed by atoms with Gasteiger partial charge >= 0.3 is 6.03 Å². The fourth-order valence-electron chi connectivity index (χ4n) is 1.48. The summed E-state index contributed by atoms with van der Waals surface area (Å²) in [7, 11) is 0. The van der Waals surface area contributed by atoms with Crippen molar-refractivity contribution in [3.8, 4) is 0 Å². The number of carbonyl (C=O) groups is 2. The predicted octanol–water partition coefficient (Wildman–Crippen LogP) is 0.391. The Kier molecular flexibility index (Phi) is 5.10. The molecular weight excluding hydrogens is 232 g/mol. The minimum Gasteiger partial charge on any atom is -0.352 e. The minimum absolute atomic E-state index is 0.0405. The standard InChI is InChI=1S/C12H18N4O2/c1-8(2)10(16-12(13)18)11(17)15-7-9-5-3-4-6-14-9/h3-6,8,10H,7H2,1-2H3,(H,15,17)(H3,13,16,18). The number of urea groups is 1. The molecule has 1 heterocycles. The van der Waals surface area contributed by atoms with Gasteiger partial charge in [-0.3, -0.25) is 9.78 Å². The topological polar surface area (TPSA) is 97.1 Å². The van der Waals surface area contributed by atoms with Gasteiger partial charge in [0.1, 0.15) is 6.04 Å². The average Bonchev–Trinajstić information content (AvgIpc) is 2.34. The number of nitrogens with one attached hydrogen (secondary N) is 2. The van der Waals surface area contributed by atoms with Crippen LogP contribution in [0.25, 0.3) is 0 Å². The third-order valence-corrected chi connectivity index (χ3v) is 2.42. The van der Waals surface area contributed by atoms with Crippen molar-refractivity contribution in [2.75, 3.05) is 0 Å². The molecule has 98 valence electrons. The molecule has 6 nitrogen and oxygen atoms in total. The van der Waals surface area contributed by atoms with Gasteiger partial charge in [-0.25, -0.2) is 4.79 Å². The maximum Gasteiger partial charge on any atom is 0.312 e. The molecule has 0 saturated heterocycles. The number of pyridine rings is 1. The SMILES string of the molecule is CC(C)C(NC(N)=O)C(=O)NCc1ccccn1. The Morgan fingerprint density at radius 3 is 2.61 bits per heavy atom. The highest BCUT2D eigenvalue weighted by molar-refractivity contribution is 5.86. The van der Waals surface area contributed by atoms with Crippen molar-refractivity contribution < 1.29 is 9.59 Å². The Labute approximate surface area is 106 Å². The molecule has 0 aliphatic rings. The molecule has 0 bridgehead atoms. The molecule has 0 saturated carbocycles. The number of hydrogen-bond acceptors (Lipinski definition) is 3. The zero-order valence-electron chi connectivity index (χ0n) is 10.5. The maximum absolute atomic E-state index is 11.9. The van der Waals surface area contributed by atoms with E-state index in [0.717, 1.165) is 5.69 Å². The molecule has 0 radical (unpaired) electrons. The summed E-state index contributed by atoms with van der Waals surface area (Å²) in [6.07, 6.45) is 1.66. The van der Waals surface area contributed by atoms with Crippen LogP contribution in [-0.2, 0) is 11.3 Å². The number of hydrogen-bond donors (Lipinski definition) is 3. The second kappa shape index (κ2) is 6.58. The van der Waals surface area contributed by atoms with Gasteiger partial charge in [0.2, 0.25) is 5.91 Å². The second-order valence-electron chi connectivity index (χ2n) is 4.27. The lowest BCUT2D eigenvalue weighted by molar-refractivity contribution is -0.124. The van der Waals surface area contributed by atoms with E-state index in [1.807, 2.05) is 26.0 Å². The van der Waals surface area contributed by atoms with E-state index in [1.165, 1.54) is 0 Å². The van der Waals surface area contributed by atoms with Gasteiger partial charge in [0.25, 0.3) is 0 Å². The lowest BCUT2D eigenvalue weighted by Crippen LogP contribution is -2.51. The van der Waals surface area contributed by atoms with E-state index >= 15 is 0 Å². The average molecular weight is 250 g/mol. The summed E-state index contributed by atoms with van der Waals surface area (Å²) >= 11 is 0. The van der Waals surface area contributed by atoms with E-state index in [1.54, 1.807) is 12.3 Å². The van der Waals surface area contributed by atoms with E-state index in [9.17, 15) is 9.59 Å². The lowest BCUT2D eigenvalue weighted by Gasteiger charge is -2.20. The monoisotopic (exact) mass is 250 g/mol. The van der Waals surface area contributed by atoms with E-state index in [4.69, 9.17) is 5.73 Å². The molecule has 6 heteroatoms. The minimum atomic E-state index is -0.707. The zero-order valence-corrected chi connectivity index (χ0v) is 10.5. The number of amides is 3. The van der Waals surface area contributed by atoms with Gasteiger partial charge in [-0.15, -0.1) is 0 Å². The van der Waals surface area contributed by atoms with E-state index in [0.29, 0.717) is 6.54 Å². The van der Waals surface area contributed by atoms with Crippen molar-refractivity contribution in [2.24, 2.45) is 11.7 Å². The van der Waals surface area contributed by atoms with E-state index in [-0.39, 0.29) is 11.8 Å². The lowest BCUT2D eigenvalue weighted by atomic mass is 10.0. The van der Waals surface area contributed by atoms with Gasteiger partial charge < -0.3 is 16.4 Å². The molecular formula is C12H18N4O2. The molecule has 4 N–H and O–H groups in total. The van der Waals surface area contributed by atoms with Crippen molar-refractivity contribution in [1.82, 2.24) is 15.6 Å². The van der Waals surface area contributed by atoms with Crippen LogP contribution in [0.1, 0.15) is 19.5 Å². The van der Waals surface area contributed by atoms with Crippen molar-refractivity contribution in [2.45, 2.75) is 26.4 Å². The Bertz CT molecular complexity index is 406. The summed E-state index contributed by atoms with van der Waals surface area (Å²) in [5.74, 6) is -0.310. The number of primary amides is 1. The largest absolute Gasteiger partial charge is 0.352 e. The molecule has 0 aliphatic heterocycles. The van der Waals surface area contributed by atoms with Crippen LogP contribution in [0, 0.1) is 5.92 Å². The Balaban J connectivity index is 2.54. The summed E-state index contributed by atoms with van der Waals surface area (Å²) in [6.45, 7) is 3.99. The highest BCUT2D eigenvalue weighted by atomic mass is 16.2. The fraction of sp³-hybridized carbons (Fsp3) is 0.417. The molecule has 3 amide bonds. The summed E-state index contributed by atoms with van der Waals surface area (Å²) in [6, 6.07) is 4.12. The number of carbonyl (C=O) groups excluding carboxylic acids is 2. The van der Waals surface area contributed by atoms with Crippen molar-refractivity contribution >= 4 is 11.9 Å². The molecule has 0 fully saturated rings. The van der Waals surface area contributed by atoms with Crippen LogP contribution in [0.3, 0.4) is 0 Å². The number of rotatable bonds is 5. The van der Waals surface area contributed by atoms with Gasteiger partial charge in [-0.2, -0.15) is 0 Å². The molecule has 0 aromatic carbocycles. The Morgan fingerprint density at radius 2 is 2.11 bits per heavy atom. The summed E-state index contributed by atoms with van der Waals surface area (Å²) in [4.78, 5) is 26.8. The Morgan fingerprint density at radius 1 is 1.39 bits per heavy atom. The predicted molar refractivity (Wildman–Crippen MR) is 67.4 cm³/mol. The summed E-state index contributed by atoms with van der Waals surface area (Å²) in [5.41, 5.74) is 5.79. The zero-order chi connectivity index (χ0) is 13.5. The first-order chi connectivity index (χ1) is 8.50. The number of nitrogens with two attached hydrogens (primary N) is 1. The first-order valence-corrected chi connectivity index (χ1v) is 5.74. The highest BCUT2D eigenvalue weighted by Gasteiger charge is 2.22. The van der Waals surface area contributed by atoms with E-state index in [2.05, 4.69) is 15.6 Å². The van der Waals surface area contributed by atoms with Crippen LogP contribution in [0.2, 0.25) is 0 Å². The van der Waals surface area contributed by atoms with Crippen LogP contribution in [0.15, 0.2) is 24.4 Å². The van der Waals surface area contributed by atoms with Gasteiger partial charge in [0, 0.05) is 6.20 Å². The first-order valence-electron chi connectivity index (χ1n) is 5.74. The van der Waals surface area contributed by atoms with Gasteiger partial charge in [0.05, 0.1) is 12.2 Å². The number of nitrogens with zero attached hydrogens (tertiary/aromatic N) is 1. The molecule has 0 aliphatic carbocycles. The van der Waals surface area contributed by atoms with Crippen LogP contribution in [-0.4, -0.2) is 23.0 Å². The van der Waals surface area contributed by atoms with Gasteiger partial charge in [-0.05, 0) is 18.1 Å². The normalized spacial score (nSPS) is 11.9. The Hall–Kier alpha value is -2.11. The molecule has 1 atom stereocenters. The fourth-order valence-corrected chi connectivity index (χ4v) is 1.48. The maximum atomic E-state index is 11.9. The van der Waals surface area contributed by atoms with E-state index < -0.39 is 12.1 Å². The third kappa shape index (κ3) is 4.40. The van der Waals surface area contributed by atoms with Crippen molar-refractivity contribution in [1.29, 1.82) is 0 Å². The second-order valence-corrected chi connectivity index (χ2v) is 4.27. The van der Waals surface area contributed by atoms with Crippen LogP contribution in [0.5, 0.6) is 0 Å². The van der Waals surface area contributed by atoms with Gasteiger partial charge in [-0.1, -0.05) is 19.9 Å². The molecule has 1 aromatic heterocycles. The van der Waals surface area contributed by atoms with Crippen molar-refractivity contribution in [3.05, 3.63) is 30.1 Å². The quantitative estimate of drug-likeness (QED) is 0.705. The number of aromatic nitrogens is 1. The third-order valence-electron chi connectivity index (χ3n) is 2.42.